The Morgan fingerprint density at radius 2 is 1.89 bits per heavy atom. The van der Waals surface area contributed by atoms with Gasteiger partial charge in [0.25, 0.3) is 5.84 Å². The first kappa shape index (κ1) is 22.9. The number of amidine groups is 1. The molecule has 3 unspecified atom stereocenters. The van der Waals surface area contributed by atoms with Crippen molar-refractivity contribution in [3.63, 3.8) is 0 Å². The Morgan fingerprint density at radius 1 is 1.03 bits per heavy atom. The molecule has 0 saturated heterocycles. The SMILES string of the molecule is COCCOC1CCC1C1=C2C=NC=C[N+]2(N)C(c2ccc3c(C)cc(-c4ccccc4)nc3c2)=N1. The molecule has 7 heteroatoms. The number of aryl methyl sites for hydroxylation is 1. The summed E-state index contributed by atoms with van der Waals surface area (Å²) < 4.78 is 11.2. The molecular formula is C29H30N5O2+. The Bertz CT molecular complexity index is 1440. The molecule has 182 valence electrons. The Labute approximate surface area is 210 Å². The van der Waals surface area contributed by atoms with Crippen LogP contribution in [0.2, 0.25) is 0 Å². The van der Waals surface area contributed by atoms with Crippen LogP contribution in [0.5, 0.6) is 0 Å². The largest absolute Gasteiger partial charge is 0.382 e. The van der Waals surface area contributed by atoms with Gasteiger partial charge in [-0.25, -0.2) is 4.98 Å². The van der Waals surface area contributed by atoms with Gasteiger partial charge in [0.05, 0.1) is 48.5 Å². The number of nitrogens with zero attached hydrogens (tertiary/aromatic N) is 4. The van der Waals surface area contributed by atoms with Crippen molar-refractivity contribution >= 4 is 23.0 Å². The second kappa shape index (κ2) is 9.19. The van der Waals surface area contributed by atoms with E-state index in [1.165, 1.54) is 5.56 Å². The molecule has 0 bridgehead atoms. The summed E-state index contributed by atoms with van der Waals surface area (Å²) in [5.41, 5.74) is 6.99. The number of quaternary nitrogens is 1. The molecule has 36 heavy (non-hydrogen) atoms. The first-order valence-electron chi connectivity index (χ1n) is 12.4. The molecule has 2 aliphatic heterocycles. The van der Waals surface area contributed by atoms with Crippen molar-refractivity contribution in [2.24, 2.45) is 21.7 Å². The van der Waals surface area contributed by atoms with Gasteiger partial charge in [-0.1, -0.05) is 36.4 Å². The van der Waals surface area contributed by atoms with E-state index in [0.717, 1.165) is 57.8 Å². The molecule has 0 amide bonds. The summed E-state index contributed by atoms with van der Waals surface area (Å²) in [6, 6.07) is 18.7. The van der Waals surface area contributed by atoms with Gasteiger partial charge in [-0.3, -0.25) is 4.99 Å². The highest BCUT2D eigenvalue weighted by Gasteiger charge is 2.49. The first-order valence-corrected chi connectivity index (χ1v) is 12.4. The fourth-order valence-electron chi connectivity index (χ4n) is 5.24. The van der Waals surface area contributed by atoms with Crippen LogP contribution >= 0.6 is 0 Å². The number of hydrogen-bond donors (Lipinski definition) is 1. The van der Waals surface area contributed by atoms with Gasteiger partial charge in [0.2, 0.25) is 5.70 Å². The van der Waals surface area contributed by atoms with Crippen LogP contribution in [0, 0.1) is 12.8 Å². The highest BCUT2D eigenvalue weighted by molar-refractivity contribution is 6.03. The number of nitrogens with two attached hydrogens (primary N) is 1. The smallest absolute Gasteiger partial charge is 0.264 e. The number of hydrogen-bond acceptors (Lipinski definition) is 6. The van der Waals surface area contributed by atoms with Crippen LogP contribution in [0.15, 0.2) is 88.4 Å². The lowest BCUT2D eigenvalue weighted by Crippen LogP contribution is -2.53. The summed E-state index contributed by atoms with van der Waals surface area (Å²) in [5.74, 6) is 7.97. The average molecular weight is 481 g/mol. The maximum atomic E-state index is 7.00. The van der Waals surface area contributed by atoms with E-state index in [1.54, 1.807) is 13.3 Å². The maximum Gasteiger partial charge on any atom is 0.264 e. The fourth-order valence-corrected chi connectivity index (χ4v) is 5.24. The van der Waals surface area contributed by atoms with Gasteiger partial charge in [-0.05, 0) is 43.5 Å². The molecule has 6 rings (SSSR count). The number of methoxy groups -OCH3 is 1. The number of ether oxygens (including phenoxy) is 2. The Kier molecular flexibility index (Phi) is 5.85. The molecule has 0 spiro atoms. The molecule has 1 aromatic heterocycles. The van der Waals surface area contributed by atoms with Crippen LogP contribution in [0.1, 0.15) is 24.0 Å². The van der Waals surface area contributed by atoms with Gasteiger partial charge < -0.3 is 9.47 Å². The Balaban J connectivity index is 1.40. The lowest BCUT2D eigenvalue weighted by Gasteiger charge is -2.36. The van der Waals surface area contributed by atoms with Gasteiger partial charge in [0.1, 0.15) is 11.9 Å². The third-order valence-electron chi connectivity index (χ3n) is 7.35. The third-order valence-corrected chi connectivity index (χ3v) is 7.35. The minimum Gasteiger partial charge on any atom is -0.382 e. The number of pyridine rings is 1. The van der Waals surface area contributed by atoms with Crippen molar-refractivity contribution in [3.8, 4) is 11.3 Å². The summed E-state index contributed by atoms with van der Waals surface area (Å²) in [7, 11) is 1.69. The zero-order valence-corrected chi connectivity index (χ0v) is 20.6. The maximum absolute atomic E-state index is 7.00. The Hall–Kier alpha value is -3.49. The molecule has 3 heterocycles. The Morgan fingerprint density at radius 3 is 2.67 bits per heavy atom. The van der Waals surface area contributed by atoms with Gasteiger partial charge in [0.15, 0.2) is 0 Å². The van der Waals surface area contributed by atoms with E-state index >= 15 is 0 Å². The molecule has 0 radical (unpaired) electrons. The highest BCUT2D eigenvalue weighted by Crippen LogP contribution is 2.43. The molecule has 1 saturated carbocycles. The number of rotatable bonds is 7. The van der Waals surface area contributed by atoms with E-state index in [1.807, 2.05) is 30.6 Å². The molecule has 3 aliphatic rings. The summed E-state index contributed by atoms with van der Waals surface area (Å²) in [4.78, 5) is 14.5. The topological polar surface area (TPSA) is 82.1 Å². The van der Waals surface area contributed by atoms with Gasteiger partial charge in [0, 0.05) is 24.0 Å². The van der Waals surface area contributed by atoms with E-state index in [9.17, 15) is 0 Å². The second-order valence-corrected chi connectivity index (χ2v) is 9.57. The van der Waals surface area contributed by atoms with Crippen molar-refractivity contribution < 1.29 is 14.1 Å². The minimum absolute atomic E-state index is 0.00297. The van der Waals surface area contributed by atoms with Crippen LogP contribution in [0.3, 0.4) is 0 Å². The van der Waals surface area contributed by atoms with Gasteiger partial charge in [-0.15, -0.1) is 4.59 Å². The van der Waals surface area contributed by atoms with E-state index in [4.69, 9.17) is 25.3 Å². The van der Waals surface area contributed by atoms with E-state index in [0.29, 0.717) is 13.2 Å². The standard InChI is InChI=1S/C29H30N5O2/c1-19-16-24(20-6-4-3-5-7-20)32-25-17-21(8-9-22(19)25)29-33-28(26-18-31-12-13-34(26,29)30)23-10-11-27(23)36-15-14-35-2/h3-9,12-13,16-18,23,27H,10-11,14-15,30H2,1-2H3/q+1. The third kappa shape index (κ3) is 3.81. The molecular weight excluding hydrogens is 450 g/mol. The van der Waals surface area contributed by atoms with Crippen molar-refractivity contribution in [2.75, 3.05) is 20.3 Å². The number of allylic oxidation sites excluding steroid dienone is 1. The number of benzene rings is 2. The highest BCUT2D eigenvalue weighted by atomic mass is 16.5. The second-order valence-electron chi connectivity index (χ2n) is 9.57. The van der Waals surface area contributed by atoms with Crippen LogP contribution in [-0.2, 0) is 9.47 Å². The van der Waals surface area contributed by atoms with Crippen molar-refractivity contribution in [2.45, 2.75) is 25.9 Å². The van der Waals surface area contributed by atoms with Crippen molar-refractivity contribution in [1.29, 1.82) is 0 Å². The van der Waals surface area contributed by atoms with Crippen LogP contribution < -0.4 is 5.84 Å². The van der Waals surface area contributed by atoms with Gasteiger partial charge >= 0.3 is 0 Å². The zero-order chi connectivity index (χ0) is 24.7. The molecule has 2 N–H and O–H groups in total. The van der Waals surface area contributed by atoms with Gasteiger partial charge in [-0.2, -0.15) is 10.8 Å². The summed E-state index contributed by atoms with van der Waals surface area (Å²) in [6.07, 6.45) is 7.62. The summed E-state index contributed by atoms with van der Waals surface area (Å²) in [6.45, 7) is 3.29. The summed E-state index contributed by atoms with van der Waals surface area (Å²) >= 11 is 0. The lowest BCUT2D eigenvalue weighted by molar-refractivity contribution is -0.750. The quantitative estimate of drug-likeness (QED) is 0.297. The molecule has 1 fully saturated rings. The summed E-state index contributed by atoms with van der Waals surface area (Å²) in [5, 5.41) is 1.12. The monoisotopic (exact) mass is 480 g/mol. The van der Waals surface area contributed by atoms with Crippen LogP contribution in [0.25, 0.3) is 22.2 Å². The number of aromatic nitrogens is 1. The normalized spacial score (nSPS) is 24.7. The molecule has 3 atom stereocenters. The van der Waals surface area contributed by atoms with Crippen LogP contribution in [-0.4, -0.2) is 48.1 Å². The van der Waals surface area contributed by atoms with E-state index in [2.05, 4.69) is 48.3 Å². The zero-order valence-electron chi connectivity index (χ0n) is 20.6. The van der Waals surface area contributed by atoms with Crippen molar-refractivity contribution in [1.82, 2.24) is 4.98 Å². The average Bonchev–Trinajstić information content (AvgIpc) is 3.18. The molecule has 2 aromatic carbocycles. The van der Waals surface area contributed by atoms with Crippen LogP contribution in [0.4, 0.5) is 0 Å². The predicted molar refractivity (Wildman–Crippen MR) is 142 cm³/mol. The first-order chi connectivity index (χ1) is 17.6. The molecule has 1 aliphatic carbocycles. The molecule has 7 nitrogen and oxygen atoms in total. The van der Waals surface area contributed by atoms with E-state index in [-0.39, 0.29) is 16.6 Å². The fraction of sp³-hybridized carbons (Fsp3) is 0.276. The number of aliphatic imine (C=N–C) groups is 2. The van der Waals surface area contributed by atoms with E-state index < -0.39 is 0 Å². The molecule has 3 aromatic rings. The lowest BCUT2D eigenvalue weighted by atomic mass is 9.79. The number of fused-ring (bicyclic) bond motifs is 2. The minimum atomic E-state index is 0.00297. The predicted octanol–water partition coefficient (Wildman–Crippen LogP) is 4.87. The van der Waals surface area contributed by atoms with Crippen molar-refractivity contribution in [3.05, 3.63) is 89.5 Å².